The van der Waals surface area contributed by atoms with Gasteiger partial charge in [-0.2, -0.15) is 0 Å². The molecule has 0 fully saturated rings. The highest BCUT2D eigenvalue weighted by molar-refractivity contribution is 7.47. The fourth-order valence-electron chi connectivity index (χ4n) is 12.5. The van der Waals surface area contributed by atoms with E-state index in [1.807, 2.05) is 0 Å². The maximum atomic E-state index is 13.1. The van der Waals surface area contributed by atoms with E-state index in [1.54, 1.807) is 0 Å². The van der Waals surface area contributed by atoms with E-state index >= 15 is 0 Å². The summed E-state index contributed by atoms with van der Waals surface area (Å²) >= 11 is 0. The van der Waals surface area contributed by atoms with Gasteiger partial charge in [0, 0.05) is 19.3 Å². The zero-order chi connectivity index (χ0) is 86.5. The predicted octanol–water partition coefficient (Wildman–Crippen LogP) is 29.2. The third-order valence-electron chi connectivity index (χ3n) is 19.6. The lowest BCUT2D eigenvalue weighted by atomic mass is 10.0. The fourth-order valence-corrected chi connectivity index (χ4v) is 14.1. The van der Waals surface area contributed by atoms with Gasteiger partial charge in [0.15, 0.2) is 6.10 Å². The number of unbranched alkanes of at least 4 members (excludes halogenated alkanes) is 35. The van der Waals surface area contributed by atoms with Crippen LogP contribution in [-0.2, 0) is 55.8 Å². The van der Waals surface area contributed by atoms with Crippen molar-refractivity contribution >= 4 is 33.6 Å². The minimum Gasteiger partial charge on any atom is -0.463 e. The SMILES string of the molecule is CC/C=C\C/C=C\C/C=C\C/C=C\C/C=C\C/C=C\CCCCCCCCCCCCCCC(=O)OCC(O)COP(=O)(O)OCC(O)COP(=O)(O)OCC(COC(=O)CCCCCCCCCCCCC/C=C\C/C=C\C/C=C\C/C=C\C/C=C\CC)OC(=O)CCCCCCCCCCC/C=C\C/C=C\C/C=C\C/C=C\CCCCC. The summed E-state index contributed by atoms with van der Waals surface area (Å²) in [6.07, 6.45) is 121. The molecule has 0 aliphatic rings. The van der Waals surface area contributed by atoms with Crippen LogP contribution >= 0.6 is 15.6 Å². The number of allylic oxidation sites excluding steroid dienone is 30. The van der Waals surface area contributed by atoms with Crippen LogP contribution in [0.4, 0.5) is 0 Å². The van der Waals surface area contributed by atoms with Gasteiger partial charge in [-0.1, -0.05) is 383 Å². The molecule has 0 heterocycles. The molecule has 0 aromatic rings. The van der Waals surface area contributed by atoms with Gasteiger partial charge >= 0.3 is 33.6 Å². The normalized spacial score (nSPS) is 14.6. The second-order valence-electron chi connectivity index (χ2n) is 31.0. The Morgan fingerprint density at radius 3 is 0.706 bits per heavy atom. The lowest BCUT2D eigenvalue weighted by molar-refractivity contribution is -0.161. The third-order valence-corrected chi connectivity index (χ3v) is 21.5. The molecular weight excluding hydrogens is 1530 g/mol. The number of phosphoric acid groups is 2. The molecule has 0 aliphatic heterocycles. The molecule has 0 saturated heterocycles. The van der Waals surface area contributed by atoms with Gasteiger partial charge in [-0.25, -0.2) is 9.13 Å². The van der Waals surface area contributed by atoms with Gasteiger partial charge in [-0.15, -0.1) is 0 Å². The summed E-state index contributed by atoms with van der Waals surface area (Å²) in [5, 5.41) is 20.8. The molecule has 5 unspecified atom stereocenters. The number of esters is 3. The van der Waals surface area contributed by atoms with Gasteiger partial charge in [0.2, 0.25) is 0 Å². The van der Waals surface area contributed by atoms with E-state index in [4.69, 9.17) is 32.3 Å². The molecule has 119 heavy (non-hydrogen) atoms. The van der Waals surface area contributed by atoms with E-state index in [1.165, 1.54) is 141 Å². The van der Waals surface area contributed by atoms with Crippen molar-refractivity contribution in [2.75, 3.05) is 39.6 Å². The van der Waals surface area contributed by atoms with Crippen LogP contribution in [0.1, 0.15) is 380 Å². The van der Waals surface area contributed by atoms with Gasteiger partial charge < -0.3 is 34.2 Å². The zero-order valence-electron chi connectivity index (χ0n) is 75.0. The van der Waals surface area contributed by atoms with Crippen LogP contribution in [0.2, 0.25) is 0 Å². The first-order chi connectivity index (χ1) is 58.2. The van der Waals surface area contributed by atoms with E-state index < -0.39 is 91.5 Å². The Bertz CT molecular complexity index is 2890. The lowest BCUT2D eigenvalue weighted by Gasteiger charge is -2.21. The molecule has 0 aliphatic carbocycles. The van der Waals surface area contributed by atoms with Crippen molar-refractivity contribution in [2.24, 2.45) is 0 Å². The minimum absolute atomic E-state index is 0.0922. The molecule has 16 nitrogen and oxygen atoms in total. The predicted molar refractivity (Wildman–Crippen MR) is 500 cm³/mol. The second kappa shape index (κ2) is 91.8. The Labute approximate surface area is 725 Å². The van der Waals surface area contributed by atoms with Crippen molar-refractivity contribution < 1.29 is 75.8 Å². The van der Waals surface area contributed by atoms with E-state index in [-0.39, 0.29) is 19.3 Å². The van der Waals surface area contributed by atoms with Crippen LogP contribution in [0.15, 0.2) is 182 Å². The number of carbonyl (C=O) groups excluding carboxylic acids is 3. The topological polar surface area (TPSA) is 231 Å². The van der Waals surface area contributed by atoms with Gasteiger partial charge in [0.25, 0.3) is 0 Å². The Kier molecular flexibility index (Phi) is 87.7. The Morgan fingerprint density at radius 1 is 0.244 bits per heavy atom. The number of phosphoric ester groups is 2. The summed E-state index contributed by atoms with van der Waals surface area (Å²) in [4.78, 5) is 59.1. The third kappa shape index (κ3) is 93.2. The summed E-state index contributed by atoms with van der Waals surface area (Å²) in [5.74, 6) is -1.58. The van der Waals surface area contributed by atoms with E-state index in [0.29, 0.717) is 19.3 Å². The highest BCUT2D eigenvalue weighted by Crippen LogP contribution is 2.45. The summed E-state index contributed by atoms with van der Waals surface area (Å²) in [7, 11) is -9.82. The molecule has 0 rings (SSSR count). The van der Waals surface area contributed by atoms with Crippen LogP contribution in [0.25, 0.3) is 0 Å². The number of aliphatic hydroxyl groups is 2. The molecule has 0 saturated carbocycles. The number of carbonyl (C=O) groups is 3. The van der Waals surface area contributed by atoms with Crippen LogP contribution in [0, 0.1) is 0 Å². The molecule has 0 amide bonds. The van der Waals surface area contributed by atoms with Crippen molar-refractivity contribution in [3.63, 3.8) is 0 Å². The first kappa shape index (κ1) is 114. The highest BCUT2D eigenvalue weighted by atomic mass is 31.2. The largest absolute Gasteiger partial charge is 0.472 e. The van der Waals surface area contributed by atoms with Crippen molar-refractivity contribution in [1.29, 1.82) is 0 Å². The molecular formula is C101H170O16P2. The Morgan fingerprint density at radius 2 is 0.445 bits per heavy atom. The van der Waals surface area contributed by atoms with Gasteiger partial charge in [-0.3, -0.25) is 32.5 Å². The smallest absolute Gasteiger partial charge is 0.463 e. The summed E-state index contributed by atoms with van der Waals surface area (Å²) in [5.41, 5.74) is 0. The minimum atomic E-state index is -4.95. The van der Waals surface area contributed by atoms with Crippen LogP contribution < -0.4 is 0 Å². The fraction of sp³-hybridized carbons (Fsp3) is 0.673. The molecule has 0 spiro atoms. The van der Waals surface area contributed by atoms with Crippen molar-refractivity contribution in [1.82, 2.24) is 0 Å². The molecule has 0 aromatic carbocycles. The van der Waals surface area contributed by atoms with Gasteiger partial charge in [0.05, 0.1) is 26.4 Å². The monoisotopic (exact) mass is 1700 g/mol. The standard InChI is InChI=1S/C101H170O16P2/c1-4-7-10-13-16-19-22-25-28-31-34-37-40-43-45-46-47-48-50-53-54-57-60-63-66-69-72-75-78-81-84-87-99(104)111-90-96(102)91-113-118(107,108)114-92-97(103)93-115-119(109,110)116-95-98(117-101(106)89-86-83-80-77-74-71-68-65-62-59-56-51-42-39-36-33-30-27-24-21-18-15-12-9-6-3)94-112-100(105)88-85-82-79-76-73-70-67-64-61-58-55-52-49-44-41-38-35-32-29-26-23-20-17-14-11-8-5-2/h7-8,10-11,16-21,25-30,34-39,43-45,47-49,51,56,96-98,102-103H,4-6,9,12-15,22-24,31-33,40-42,46,50,52-55,57-95H2,1-3H3,(H,107,108)(H,109,110)/b10-7-,11-8-,19-16-,20-17-,21-18-,28-25-,29-26-,30-27-,37-34-,38-35-,39-36-,45-43-,48-47-,49-44-,56-51-. The van der Waals surface area contributed by atoms with E-state index in [9.17, 15) is 43.5 Å². The lowest BCUT2D eigenvalue weighted by Crippen LogP contribution is -2.30. The highest BCUT2D eigenvalue weighted by Gasteiger charge is 2.29. The quantitative estimate of drug-likeness (QED) is 0.0146. The van der Waals surface area contributed by atoms with Crippen LogP contribution in [-0.4, -0.2) is 95.9 Å². The number of rotatable bonds is 88. The van der Waals surface area contributed by atoms with E-state index in [0.717, 1.165) is 180 Å². The van der Waals surface area contributed by atoms with E-state index in [2.05, 4.69) is 203 Å². The second-order valence-corrected chi connectivity index (χ2v) is 34.0. The zero-order valence-corrected chi connectivity index (χ0v) is 76.8. The molecule has 4 N–H and O–H groups in total. The van der Waals surface area contributed by atoms with Crippen molar-refractivity contribution in [3.8, 4) is 0 Å². The molecule has 0 aromatic heterocycles. The molecule has 5 atom stereocenters. The number of ether oxygens (including phenoxy) is 3. The number of hydrogen-bond acceptors (Lipinski definition) is 14. The molecule has 0 bridgehead atoms. The number of hydrogen-bond donors (Lipinski definition) is 4. The van der Waals surface area contributed by atoms with Crippen molar-refractivity contribution in [2.45, 2.75) is 399 Å². The molecule has 18 heteroatoms. The summed E-state index contributed by atoms with van der Waals surface area (Å²) < 4.78 is 61.6. The Hall–Kier alpha value is -5.35. The summed E-state index contributed by atoms with van der Waals surface area (Å²) in [6.45, 7) is 2.46. The van der Waals surface area contributed by atoms with Crippen LogP contribution in [0.5, 0.6) is 0 Å². The average Bonchev–Trinajstić information content (AvgIpc) is 0.905. The Balaban J connectivity index is 4.65. The van der Waals surface area contributed by atoms with Gasteiger partial charge in [0.1, 0.15) is 25.4 Å². The van der Waals surface area contributed by atoms with Crippen molar-refractivity contribution in [3.05, 3.63) is 182 Å². The average molecular weight is 1700 g/mol. The molecule has 680 valence electrons. The summed E-state index contributed by atoms with van der Waals surface area (Å²) in [6, 6.07) is 0. The first-order valence-corrected chi connectivity index (χ1v) is 50.1. The maximum Gasteiger partial charge on any atom is 0.472 e. The molecule has 0 radical (unpaired) electrons. The maximum absolute atomic E-state index is 13.1. The number of aliphatic hydroxyl groups excluding tert-OH is 2. The first-order valence-electron chi connectivity index (χ1n) is 47.1. The van der Waals surface area contributed by atoms with Gasteiger partial charge in [-0.05, 0) is 161 Å². The van der Waals surface area contributed by atoms with Crippen LogP contribution in [0.3, 0.4) is 0 Å².